The maximum Gasteiger partial charge on any atom is 0.243 e. The molecule has 1 saturated heterocycles. The van der Waals surface area contributed by atoms with Gasteiger partial charge in [-0.2, -0.15) is 4.31 Å². The van der Waals surface area contributed by atoms with Gasteiger partial charge in [0.1, 0.15) is 5.75 Å². The molecule has 0 saturated carbocycles. The van der Waals surface area contributed by atoms with E-state index in [1.54, 1.807) is 29.6 Å². The maximum absolute atomic E-state index is 13.0. The van der Waals surface area contributed by atoms with Crippen LogP contribution in [0.25, 0.3) is 0 Å². The molecule has 1 heterocycles. The van der Waals surface area contributed by atoms with Gasteiger partial charge < -0.3 is 9.64 Å². The molecule has 0 atom stereocenters. The molecule has 1 aliphatic rings. The van der Waals surface area contributed by atoms with E-state index in [0.717, 1.165) is 3.57 Å². The second-order valence-electron chi connectivity index (χ2n) is 6.41. The smallest absolute Gasteiger partial charge is 0.243 e. The van der Waals surface area contributed by atoms with Crippen molar-refractivity contribution < 1.29 is 13.2 Å². The summed E-state index contributed by atoms with van der Waals surface area (Å²) in [5.41, 5.74) is 3.71. The zero-order valence-corrected chi connectivity index (χ0v) is 18.2. The van der Waals surface area contributed by atoms with Crippen LogP contribution in [0.2, 0.25) is 0 Å². The molecule has 0 amide bonds. The molecular weight excluding hydrogens is 463 g/mol. The Balaban J connectivity index is 1.76. The van der Waals surface area contributed by atoms with Gasteiger partial charge in [-0.25, -0.2) is 8.42 Å². The van der Waals surface area contributed by atoms with Crippen LogP contribution >= 0.6 is 22.6 Å². The first-order chi connectivity index (χ1) is 12.3. The average molecular weight is 486 g/mol. The molecule has 0 aliphatic carbocycles. The van der Waals surface area contributed by atoms with E-state index in [2.05, 4.69) is 59.5 Å². The number of aryl methyl sites for hydroxylation is 1. The molecule has 2 aromatic carbocycles. The molecule has 1 aliphatic heterocycles. The van der Waals surface area contributed by atoms with E-state index >= 15 is 0 Å². The number of benzene rings is 2. The summed E-state index contributed by atoms with van der Waals surface area (Å²) >= 11 is 2.10. The van der Waals surface area contributed by atoms with Crippen LogP contribution in [0.1, 0.15) is 11.1 Å². The van der Waals surface area contributed by atoms with Gasteiger partial charge in [0, 0.05) is 31.9 Å². The summed E-state index contributed by atoms with van der Waals surface area (Å²) in [5.74, 6) is 0.685. The Hall–Kier alpha value is -1.32. The van der Waals surface area contributed by atoms with Crippen LogP contribution in [0.3, 0.4) is 0 Å². The van der Waals surface area contributed by atoms with Gasteiger partial charge in [-0.3, -0.25) is 0 Å². The van der Waals surface area contributed by atoms with Crippen LogP contribution in [0.5, 0.6) is 5.75 Å². The average Bonchev–Trinajstić information content (AvgIpc) is 2.64. The third-order valence-corrected chi connectivity index (χ3v) is 7.65. The zero-order chi connectivity index (χ0) is 18.9. The molecule has 0 N–H and O–H groups in total. The number of piperazine rings is 1. The van der Waals surface area contributed by atoms with Crippen molar-refractivity contribution in [2.24, 2.45) is 0 Å². The molecule has 0 unspecified atom stereocenters. The molecule has 0 radical (unpaired) electrons. The van der Waals surface area contributed by atoms with Crippen LogP contribution in [0.15, 0.2) is 41.3 Å². The first-order valence-electron chi connectivity index (χ1n) is 8.49. The first kappa shape index (κ1) is 19.4. The standard InChI is InChI=1S/C19H23IN2O3S/c1-14-5-4-6-18(15(14)2)21-9-11-22(12-10-21)26(23,24)16-7-8-19(25-3)17(20)13-16/h4-8,13H,9-12H2,1-3H3. The number of hydrogen-bond donors (Lipinski definition) is 0. The predicted molar refractivity (Wildman–Crippen MR) is 113 cm³/mol. The summed E-state index contributed by atoms with van der Waals surface area (Å²) in [6, 6.07) is 11.3. The van der Waals surface area contributed by atoms with Crippen LogP contribution in [0, 0.1) is 17.4 Å². The van der Waals surface area contributed by atoms with Gasteiger partial charge in [0.05, 0.1) is 15.6 Å². The Morgan fingerprint density at radius 2 is 1.73 bits per heavy atom. The highest BCUT2D eigenvalue weighted by Gasteiger charge is 2.29. The third-order valence-electron chi connectivity index (χ3n) is 4.92. The van der Waals surface area contributed by atoms with Crippen molar-refractivity contribution in [1.82, 2.24) is 4.31 Å². The first-order valence-corrected chi connectivity index (χ1v) is 11.0. The minimum Gasteiger partial charge on any atom is -0.496 e. The lowest BCUT2D eigenvalue weighted by molar-refractivity contribution is 0.384. The molecule has 26 heavy (non-hydrogen) atoms. The summed E-state index contributed by atoms with van der Waals surface area (Å²) in [5, 5.41) is 0. The van der Waals surface area contributed by atoms with Gasteiger partial charge in [-0.05, 0) is 71.8 Å². The minimum absolute atomic E-state index is 0.322. The van der Waals surface area contributed by atoms with E-state index in [-0.39, 0.29) is 0 Å². The largest absolute Gasteiger partial charge is 0.496 e. The van der Waals surface area contributed by atoms with Gasteiger partial charge in [0.25, 0.3) is 0 Å². The van der Waals surface area contributed by atoms with E-state index in [9.17, 15) is 8.42 Å². The highest BCUT2D eigenvalue weighted by Crippen LogP contribution is 2.28. The second kappa shape index (κ2) is 7.74. The molecule has 1 fully saturated rings. The minimum atomic E-state index is -3.49. The Kier molecular flexibility index (Phi) is 5.78. The topological polar surface area (TPSA) is 49.9 Å². The Morgan fingerprint density at radius 3 is 2.35 bits per heavy atom. The van der Waals surface area contributed by atoms with E-state index in [1.165, 1.54) is 16.8 Å². The fourth-order valence-electron chi connectivity index (χ4n) is 3.20. The van der Waals surface area contributed by atoms with Crippen molar-refractivity contribution in [2.45, 2.75) is 18.7 Å². The highest BCUT2D eigenvalue weighted by atomic mass is 127. The normalized spacial score (nSPS) is 15.9. The van der Waals surface area contributed by atoms with Crippen molar-refractivity contribution in [3.63, 3.8) is 0 Å². The van der Waals surface area contributed by atoms with Gasteiger partial charge in [0.2, 0.25) is 10.0 Å². The van der Waals surface area contributed by atoms with Gasteiger partial charge in [-0.1, -0.05) is 12.1 Å². The summed E-state index contributed by atoms with van der Waals surface area (Å²) in [6.07, 6.45) is 0. The van der Waals surface area contributed by atoms with Crippen molar-refractivity contribution in [3.05, 3.63) is 51.1 Å². The second-order valence-corrected chi connectivity index (χ2v) is 9.51. The SMILES string of the molecule is COc1ccc(S(=O)(=O)N2CCN(c3cccc(C)c3C)CC2)cc1I. The molecule has 0 spiro atoms. The molecule has 3 rings (SSSR count). The summed E-state index contributed by atoms with van der Waals surface area (Å²) in [6.45, 7) is 6.57. The Bertz CT molecular complexity index is 907. The Labute approximate surface area is 169 Å². The van der Waals surface area contributed by atoms with Crippen molar-refractivity contribution in [2.75, 3.05) is 38.2 Å². The number of ether oxygens (including phenoxy) is 1. The lowest BCUT2D eigenvalue weighted by atomic mass is 10.1. The molecule has 5 nitrogen and oxygen atoms in total. The third kappa shape index (κ3) is 3.70. The van der Waals surface area contributed by atoms with Gasteiger partial charge >= 0.3 is 0 Å². The number of methoxy groups -OCH3 is 1. The number of nitrogens with zero attached hydrogens (tertiary/aromatic N) is 2. The van der Waals surface area contributed by atoms with E-state index in [1.807, 2.05) is 0 Å². The quantitative estimate of drug-likeness (QED) is 0.622. The molecule has 140 valence electrons. The molecular formula is C19H23IN2O3S. The van der Waals surface area contributed by atoms with Gasteiger partial charge in [0.15, 0.2) is 0 Å². The highest BCUT2D eigenvalue weighted by molar-refractivity contribution is 14.1. The molecule has 7 heteroatoms. The fourth-order valence-corrected chi connectivity index (χ4v) is 5.60. The van der Waals surface area contributed by atoms with Crippen LogP contribution < -0.4 is 9.64 Å². The lowest BCUT2D eigenvalue weighted by Crippen LogP contribution is -2.48. The summed E-state index contributed by atoms with van der Waals surface area (Å²) < 4.78 is 33.5. The van der Waals surface area contributed by atoms with E-state index in [0.29, 0.717) is 36.8 Å². The molecule has 2 aromatic rings. The summed E-state index contributed by atoms with van der Waals surface area (Å²) in [4.78, 5) is 2.59. The van der Waals surface area contributed by atoms with E-state index < -0.39 is 10.0 Å². The van der Waals surface area contributed by atoms with E-state index in [4.69, 9.17) is 4.74 Å². The Morgan fingerprint density at radius 1 is 1.04 bits per heavy atom. The maximum atomic E-state index is 13.0. The van der Waals surface area contributed by atoms with Crippen LogP contribution in [-0.2, 0) is 10.0 Å². The number of rotatable bonds is 4. The number of anilines is 1. The van der Waals surface area contributed by atoms with Gasteiger partial charge in [-0.15, -0.1) is 0 Å². The number of hydrogen-bond acceptors (Lipinski definition) is 4. The molecule has 0 bridgehead atoms. The van der Waals surface area contributed by atoms with Crippen molar-refractivity contribution in [1.29, 1.82) is 0 Å². The predicted octanol–water partition coefficient (Wildman–Crippen LogP) is 3.43. The number of sulfonamides is 1. The monoisotopic (exact) mass is 486 g/mol. The number of halogens is 1. The molecule has 0 aromatic heterocycles. The van der Waals surface area contributed by atoms with Crippen LogP contribution in [0.4, 0.5) is 5.69 Å². The lowest BCUT2D eigenvalue weighted by Gasteiger charge is -2.36. The fraction of sp³-hybridized carbons (Fsp3) is 0.368. The van der Waals surface area contributed by atoms with Crippen LogP contribution in [-0.4, -0.2) is 46.0 Å². The van der Waals surface area contributed by atoms with Crippen molar-refractivity contribution >= 4 is 38.3 Å². The van der Waals surface area contributed by atoms with Crippen molar-refractivity contribution in [3.8, 4) is 5.75 Å². The zero-order valence-electron chi connectivity index (χ0n) is 15.2. The summed E-state index contributed by atoms with van der Waals surface area (Å²) in [7, 11) is -1.91.